The molecular formula is C8H13NO4S. The summed E-state index contributed by atoms with van der Waals surface area (Å²) in [5, 5.41) is 8.87. The van der Waals surface area contributed by atoms with Gasteiger partial charge in [0.1, 0.15) is 0 Å². The summed E-state index contributed by atoms with van der Waals surface area (Å²) in [6.07, 6.45) is 0. The molecule has 0 saturated carbocycles. The zero-order chi connectivity index (χ0) is 10.8. The largest absolute Gasteiger partial charge is 0.479 e. The van der Waals surface area contributed by atoms with Crippen molar-refractivity contribution in [3.05, 3.63) is 0 Å². The standard InChI is InChI=1S/C8H13NO4S/c1-8(5-13-2,6(10)11)9-3-4-14-7(9)12/h3-5H2,1-2H3,(H,10,11). The maximum Gasteiger partial charge on any atom is 0.331 e. The van der Waals surface area contributed by atoms with Crippen molar-refractivity contribution >= 4 is 23.0 Å². The molecule has 1 aliphatic heterocycles. The highest BCUT2D eigenvalue weighted by atomic mass is 32.2. The van der Waals surface area contributed by atoms with Gasteiger partial charge in [0.25, 0.3) is 5.24 Å². The van der Waals surface area contributed by atoms with Gasteiger partial charge in [0.15, 0.2) is 5.54 Å². The Labute approximate surface area is 86.4 Å². The van der Waals surface area contributed by atoms with Crippen LogP contribution in [0.3, 0.4) is 0 Å². The highest BCUT2D eigenvalue weighted by Crippen LogP contribution is 2.27. The third-order valence-electron chi connectivity index (χ3n) is 2.24. The van der Waals surface area contributed by atoms with E-state index in [9.17, 15) is 9.59 Å². The first-order valence-corrected chi connectivity index (χ1v) is 5.17. The van der Waals surface area contributed by atoms with Crippen LogP contribution < -0.4 is 0 Å². The molecule has 0 bridgehead atoms. The van der Waals surface area contributed by atoms with E-state index in [0.29, 0.717) is 12.3 Å². The number of nitrogens with zero attached hydrogens (tertiary/aromatic N) is 1. The normalized spacial score (nSPS) is 21.0. The van der Waals surface area contributed by atoms with Crippen molar-refractivity contribution in [1.29, 1.82) is 0 Å². The molecule has 1 rings (SSSR count). The topological polar surface area (TPSA) is 66.8 Å². The lowest BCUT2D eigenvalue weighted by Crippen LogP contribution is -2.55. The zero-order valence-electron chi connectivity index (χ0n) is 8.15. The maximum atomic E-state index is 11.4. The van der Waals surface area contributed by atoms with Crippen LogP contribution in [-0.2, 0) is 9.53 Å². The van der Waals surface area contributed by atoms with Gasteiger partial charge in [0.2, 0.25) is 0 Å². The molecule has 0 aromatic rings. The fourth-order valence-electron chi connectivity index (χ4n) is 1.38. The van der Waals surface area contributed by atoms with E-state index in [1.54, 1.807) is 0 Å². The van der Waals surface area contributed by atoms with Crippen LogP contribution in [0.4, 0.5) is 4.79 Å². The number of amides is 1. The number of carbonyl (C=O) groups excluding carboxylic acids is 1. The van der Waals surface area contributed by atoms with Crippen LogP contribution >= 0.6 is 11.8 Å². The first-order chi connectivity index (χ1) is 6.52. The van der Waals surface area contributed by atoms with Gasteiger partial charge in [-0.2, -0.15) is 0 Å². The van der Waals surface area contributed by atoms with Crippen molar-refractivity contribution < 1.29 is 19.4 Å². The minimum absolute atomic E-state index is 0.00856. The molecule has 1 saturated heterocycles. The summed E-state index contributed by atoms with van der Waals surface area (Å²) in [6, 6.07) is 0. The Bertz CT molecular complexity index is 258. The summed E-state index contributed by atoms with van der Waals surface area (Å²) >= 11 is 1.14. The van der Waals surface area contributed by atoms with Crippen molar-refractivity contribution in [1.82, 2.24) is 4.90 Å². The molecule has 5 nitrogen and oxygen atoms in total. The van der Waals surface area contributed by atoms with Crippen molar-refractivity contribution in [2.45, 2.75) is 12.5 Å². The smallest absolute Gasteiger partial charge is 0.331 e. The second-order valence-corrected chi connectivity index (χ2v) is 4.32. The lowest BCUT2D eigenvalue weighted by atomic mass is 10.0. The van der Waals surface area contributed by atoms with E-state index in [2.05, 4.69) is 0 Å². The van der Waals surface area contributed by atoms with E-state index in [0.717, 1.165) is 11.8 Å². The van der Waals surface area contributed by atoms with E-state index in [1.165, 1.54) is 18.9 Å². The number of thioether (sulfide) groups is 1. The van der Waals surface area contributed by atoms with Crippen molar-refractivity contribution in [2.24, 2.45) is 0 Å². The minimum atomic E-state index is -1.24. The molecule has 0 aromatic heterocycles. The number of hydrogen-bond acceptors (Lipinski definition) is 4. The summed E-state index contributed by atoms with van der Waals surface area (Å²) in [6.45, 7) is 1.98. The number of carbonyl (C=O) groups is 2. The monoisotopic (exact) mass is 219 g/mol. The second kappa shape index (κ2) is 4.18. The van der Waals surface area contributed by atoms with Crippen molar-refractivity contribution in [3.8, 4) is 0 Å². The van der Waals surface area contributed by atoms with Gasteiger partial charge in [-0.25, -0.2) is 4.79 Å². The van der Waals surface area contributed by atoms with Crippen molar-refractivity contribution in [2.75, 3.05) is 26.0 Å². The van der Waals surface area contributed by atoms with Crippen LogP contribution in [0.1, 0.15) is 6.92 Å². The molecule has 80 valence electrons. The third-order valence-corrected chi connectivity index (χ3v) is 3.10. The molecule has 14 heavy (non-hydrogen) atoms. The van der Waals surface area contributed by atoms with Gasteiger partial charge in [0.05, 0.1) is 6.61 Å². The summed E-state index contributed by atoms with van der Waals surface area (Å²) in [7, 11) is 1.43. The Morgan fingerprint density at radius 1 is 1.79 bits per heavy atom. The van der Waals surface area contributed by atoms with Crippen molar-refractivity contribution in [3.63, 3.8) is 0 Å². The van der Waals surface area contributed by atoms with E-state index in [1.807, 2.05) is 0 Å². The molecule has 1 amide bonds. The predicted molar refractivity (Wildman–Crippen MR) is 52.5 cm³/mol. The Kier molecular flexibility index (Phi) is 3.38. The summed E-state index contributed by atoms with van der Waals surface area (Å²) in [4.78, 5) is 23.8. The van der Waals surface area contributed by atoms with Crippen LogP contribution in [0, 0.1) is 0 Å². The van der Waals surface area contributed by atoms with Gasteiger partial charge in [-0.1, -0.05) is 11.8 Å². The van der Waals surface area contributed by atoms with Gasteiger partial charge in [-0.3, -0.25) is 4.79 Å². The van der Waals surface area contributed by atoms with E-state index >= 15 is 0 Å². The Morgan fingerprint density at radius 2 is 2.43 bits per heavy atom. The van der Waals surface area contributed by atoms with Gasteiger partial charge in [0, 0.05) is 19.4 Å². The van der Waals surface area contributed by atoms with Crippen LogP contribution in [0.2, 0.25) is 0 Å². The number of carboxylic acid groups (broad SMARTS) is 1. The van der Waals surface area contributed by atoms with Gasteiger partial charge in [-0.15, -0.1) is 0 Å². The van der Waals surface area contributed by atoms with Crippen LogP contribution in [0.5, 0.6) is 0 Å². The first kappa shape index (κ1) is 11.3. The molecule has 1 heterocycles. The Hall–Kier alpha value is -0.750. The predicted octanol–water partition coefficient (Wildman–Crippen LogP) is 0.645. The molecule has 1 unspecified atom stereocenters. The molecule has 1 N–H and O–H groups in total. The number of aliphatic carboxylic acids is 1. The summed E-state index contributed by atoms with van der Waals surface area (Å²) in [5.41, 5.74) is -1.24. The minimum Gasteiger partial charge on any atom is -0.479 e. The number of hydrogen-bond donors (Lipinski definition) is 1. The zero-order valence-corrected chi connectivity index (χ0v) is 8.97. The van der Waals surface area contributed by atoms with Gasteiger partial charge >= 0.3 is 5.97 Å². The van der Waals surface area contributed by atoms with Crippen LogP contribution in [0.25, 0.3) is 0 Å². The molecule has 0 aromatic carbocycles. The molecule has 1 fully saturated rings. The SMILES string of the molecule is COCC(C)(C(=O)O)N1CCSC1=O. The molecule has 1 aliphatic rings. The quantitative estimate of drug-likeness (QED) is 0.751. The number of carboxylic acids is 1. The number of ether oxygens (including phenoxy) is 1. The lowest BCUT2D eigenvalue weighted by Gasteiger charge is -2.33. The van der Waals surface area contributed by atoms with E-state index < -0.39 is 11.5 Å². The second-order valence-electron chi connectivity index (χ2n) is 3.28. The molecule has 1 atom stereocenters. The fourth-order valence-corrected chi connectivity index (χ4v) is 2.27. The maximum absolute atomic E-state index is 11.4. The summed E-state index contributed by atoms with van der Waals surface area (Å²) < 4.78 is 4.85. The molecule has 0 radical (unpaired) electrons. The fraction of sp³-hybridized carbons (Fsp3) is 0.750. The lowest BCUT2D eigenvalue weighted by molar-refractivity contribution is -0.151. The first-order valence-electron chi connectivity index (χ1n) is 4.19. The van der Waals surface area contributed by atoms with Gasteiger partial charge < -0.3 is 14.7 Å². The third kappa shape index (κ3) is 1.85. The Balaban J connectivity index is 2.86. The number of rotatable bonds is 4. The highest BCUT2D eigenvalue weighted by molar-refractivity contribution is 8.13. The average molecular weight is 219 g/mol. The van der Waals surface area contributed by atoms with E-state index in [-0.39, 0.29) is 11.8 Å². The highest BCUT2D eigenvalue weighted by Gasteiger charge is 2.44. The van der Waals surface area contributed by atoms with E-state index in [4.69, 9.17) is 9.84 Å². The molecular weight excluding hydrogens is 206 g/mol. The average Bonchev–Trinajstić information content (AvgIpc) is 2.51. The number of methoxy groups -OCH3 is 1. The van der Waals surface area contributed by atoms with Gasteiger partial charge in [-0.05, 0) is 6.92 Å². The molecule has 6 heteroatoms. The molecule has 0 aliphatic carbocycles. The molecule has 0 spiro atoms. The Morgan fingerprint density at radius 3 is 2.79 bits per heavy atom. The van der Waals surface area contributed by atoms with Crippen LogP contribution in [0.15, 0.2) is 0 Å². The van der Waals surface area contributed by atoms with Crippen LogP contribution in [-0.4, -0.2) is 52.8 Å². The summed E-state index contributed by atoms with van der Waals surface area (Å²) in [5.74, 6) is -0.388.